The summed E-state index contributed by atoms with van der Waals surface area (Å²) >= 11 is 12.0. The van der Waals surface area contributed by atoms with E-state index in [2.05, 4.69) is 4.98 Å². The molecule has 1 aromatic carbocycles. The molecule has 2 aromatic rings. The van der Waals surface area contributed by atoms with Gasteiger partial charge in [-0.05, 0) is 36.8 Å². The molecule has 0 saturated carbocycles. The fraction of sp³-hybridized carbons (Fsp3) is 0.154. The molecule has 0 fully saturated rings. The Kier molecular flexibility index (Phi) is 3.67. The van der Waals surface area contributed by atoms with Crippen LogP contribution in [0.5, 0.6) is 0 Å². The van der Waals surface area contributed by atoms with E-state index in [9.17, 15) is 0 Å². The molecule has 0 aliphatic carbocycles. The van der Waals surface area contributed by atoms with Gasteiger partial charge in [0.25, 0.3) is 0 Å². The van der Waals surface area contributed by atoms with Crippen molar-refractivity contribution in [1.82, 2.24) is 4.98 Å². The zero-order chi connectivity index (χ0) is 12.4. The van der Waals surface area contributed by atoms with Gasteiger partial charge >= 0.3 is 0 Å². The summed E-state index contributed by atoms with van der Waals surface area (Å²) < 4.78 is 0. The predicted octanol–water partition coefficient (Wildman–Crippen LogP) is 3.82. The number of aryl methyl sites for hydroxylation is 1. The molecule has 2 N–H and O–H groups in total. The summed E-state index contributed by atoms with van der Waals surface area (Å²) in [5, 5.41) is 1.22. The van der Waals surface area contributed by atoms with E-state index in [1.54, 1.807) is 12.1 Å². The fourth-order valence-corrected chi connectivity index (χ4v) is 2.16. The van der Waals surface area contributed by atoms with E-state index >= 15 is 0 Å². The second-order valence-corrected chi connectivity index (χ2v) is 4.61. The first kappa shape index (κ1) is 12.4. The minimum Gasteiger partial charge on any atom is -0.326 e. The first-order valence-electron chi connectivity index (χ1n) is 5.24. The summed E-state index contributed by atoms with van der Waals surface area (Å²) in [5.41, 5.74) is 9.29. The first-order valence-corrected chi connectivity index (χ1v) is 5.99. The van der Waals surface area contributed by atoms with E-state index in [0.29, 0.717) is 16.6 Å². The molecule has 0 spiro atoms. The average Bonchev–Trinajstić information content (AvgIpc) is 2.29. The number of benzene rings is 1. The van der Waals surface area contributed by atoms with Gasteiger partial charge < -0.3 is 5.73 Å². The lowest BCUT2D eigenvalue weighted by molar-refractivity contribution is 1.01. The summed E-state index contributed by atoms with van der Waals surface area (Å²) in [4.78, 5) is 4.50. The molecule has 1 aromatic heterocycles. The Morgan fingerprint density at radius 2 is 1.94 bits per heavy atom. The molecular formula is C13H12Cl2N2. The number of hydrogen-bond acceptors (Lipinski definition) is 2. The van der Waals surface area contributed by atoms with Crippen molar-refractivity contribution in [2.45, 2.75) is 13.5 Å². The van der Waals surface area contributed by atoms with Gasteiger partial charge in [0.05, 0.1) is 10.7 Å². The van der Waals surface area contributed by atoms with Gasteiger partial charge in [-0.2, -0.15) is 0 Å². The number of hydrogen-bond donors (Lipinski definition) is 1. The predicted molar refractivity (Wildman–Crippen MR) is 72.3 cm³/mol. The Balaban J connectivity index is 2.50. The fourth-order valence-electron chi connectivity index (χ4n) is 1.65. The van der Waals surface area contributed by atoms with Crippen LogP contribution >= 0.6 is 23.2 Å². The van der Waals surface area contributed by atoms with E-state index < -0.39 is 0 Å². The van der Waals surface area contributed by atoms with E-state index in [1.807, 2.05) is 25.1 Å². The molecule has 0 saturated heterocycles. The summed E-state index contributed by atoms with van der Waals surface area (Å²) in [6, 6.07) is 9.28. The summed E-state index contributed by atoms with van der Waals surface area (Å²) in [6.45, 7) is 2.43. The SMILES string of the molecule is Cc1nc(-c2ccc(Cl)cc2Cl)ccc1CN. The number of nitrogens with zero attached hydrogens (tertiary/aromatic N) is 1. The smallest absolute Gasteiger partial charge is 0.0720 e. The molecule has 4 heteroatoms. The molecule has 0 aliphatic rings. The quantitative estimate of drug-likeness (QED) is 0.898. The van der Waals surface area contributed by atoms with Crippen LogP contribution in [0.1, 0.15) is 11.3 Å². The van der Waals surface area contributed by atoms with Gasteiger partial charge in [0.15, 0.2) is 0 Å². The third kappa shape index (κ3) is 2.60. The lowest BCUT2D eigenvalue weighted by Gasteiger charge is -2.07. The van der Waals surface area contributed by atoms with Gasteiger partial charge in [-0.3, -0.25) is 4.98 Å². The molecule has 1 heterocycles. The topological polar surface area (TPSA) is 38.9 Å². The van der Waals surface area contributed by atoms with Gasteiger partial charge in [-0.15, -0.1) is 0 Å². The number of aromatic nitrogens is 1. The van der Waals surface area contributed by atoms with Crippen molar-refractivity contribution in [1.29, 1.82) is 0 Å². The van der Waals surface area contributed by atoms with Crippen molar-refractivity contribution in [3.63, 3.8) is 0 Å². The normalized spacial score (nSPS) is 10.6. The van der Waals surface area contributed by atoms with Gasteiger partial charge in [-0.1, -0.05) is 29.3 Å². The van der Waals surface area contributed by atoms with Crippen LogP contribution in [-0.4, -0.2) is 4.98 Å². The van der Waals surface area contributed by atoms with Crippen molar-refractivity contribution < 1.29 is 0 Å². The lowest BCUT2D eigenvalue weighted by Crippen LogP contribution is -2.01. The highest BCUT2D eigenvalue weighted by Crippen LogP contribution is 2.29. The first-order chi connectivity index (χ1) is 8.11. The van der Waals surface area contributed by atoms with Crippen molar-refractivity contribution in [2.75, 3.05) is 0 Å². The third-order valence-electron chi connectivity index (χ3n) is 2.62. The zero-order valence-corrected chi connectivity index (χ0v) is 10.9. The van der Waals surface area contributed by atoms with Crippen molar-refractivity contribution in [3.05, 3.63) is 51.6 Å². The lowest BCUT2D eigenvalue weighted by atomic mass is 10.1. The summed E-state index contributed by atoms with van der Waals surface area (Å²) in [7, 11) is 0. The molecular weight excluding hydrogens is 255 g/mol. The summed E-state index contributed by atoms with van der Waals surface area (Å²) in [5.74, 6) is 0. The van der Waals surface area contributed by atoms with Crippen LogP contribution in [0.4, 0.5) is 0 Å². The Labute approximate surface area is 110 Å². The van der Waals surface area contributed by atoms with Crippen LogP contribution in [0.2, 0.25) is 10.0 Å². The molecule has 88 valence electrons. The highest BCUT2D eigenvalue weighted by Gasteiger charge is 2.07. The maximum Gasteiger partial charge on any atom is 0.0720 e. The minimum absolute atomic E-state index is 0.494. The maximum absolute atomic E-state index is 6.14. The monoisotopic (exact) mass is 266 g/mol. The van der Waals surface area contributed by atoms with E-state index in [-0.39, 0.29) is 0 Å². The van der Waals surface area contributed by atoms with Crippen LogP contribution < -0.4 is 5.73 Å². The van der Waals surface area contributed by atoms with E-state index in [4.69, 9.17) is 28.9 Å². The summed E-state index contributed by atoms with van der Waals surface area (Å²) in [6.07, 6.45) is 0. The molecule has 0 radical (unpaired) electrons. The number of rotatable bonds is 2. The second-order valence-electron chi connectivity index (χ2n) is 3.77. The maximum atomic E-state index is 6.14. The highest BCUT2D eigenvalue weighted by molar-refractivity contribution is 6.36. The molecule has 2 rings (SSSR count). The number of halogens is 2. The molecule has 0 aliphatic heterocycles. The largest absolute Gasteiger partial charge is 0.326 e. The van der Waals surface area contributed by atoms with Crippen molar-refractivity contribution in [3.8, 4) is 11.3 Å². The van der Waals surface area contributed by atoms with Crippen LogP contribution in [-0.2, 0) is 6.54 Å². The zero-order valence-electron chi connectivity index (χ0n) is 9.37. The molecule has 0 unspecified atom stereocenters. The van der Waals surface area contributed by atoms with E-state index in [1.165, 1.54) is 0 Å². The van der Waals surface area contributed by atoms with Crippen LogP contribution in [0.15, 0.2) is 30.3 Å². The van der Waals surface area contributed by atoms with Crippen LogP contribution in [0.25, 0.3) is 11.3 Å². The third-order valence-corrected chi connectivity index (χ3v) is 3.17. The van der Waals surface area contributed by atoms with Crippen molar-refractivity contribution in [2.24, 2.45) is 5.73 Å². The Morgan fingerprint density at radius 1 is 1.18 bits per heavy atom. The second kappa shape index (κ2) is 5.05. The number of nitrogens with two attached hydrogens (primary N) is 1. The molecule has 0 bridgehead atoms. The van der Waals surface area contributed by atoms with Gasteiger partial charge in [0, 0.05) is 22.8 Å². The van der Waals surface area contributed by atoms with E-state index in [0.717, 1.165) is 22.5 Å². The average molecular weight is 267 g/mol. The molecule has 17 heavy (non-hydrogen) atoms. The minimum atomic E-state index is 0.494. The Hall–Kier alpha value is -1.09. The van der Waals surface area contributed by atoms with Gasteiger partial charge in [0.1, 0.15) is 0 Å². The molecule has 0 atom stereocenters. The highest BCUT2D eigenvalue weighted by atomic mass is 35.5. The number of pyridine rings is 1. The van der Waals surface area contributed by atoms with Crippen molar-refractivity contribution >= 4 is 23.2 Å². The standard InChI is InChI=1S/C13H12Cl2N2/c1-8-9(7-16)2-5-13(17-8)11-4-3-10(14)6-12(11)15/h2-6H,7,16H2,1H3. The van der Waals surface area contributed by atoms with Crippen LogP contribution in [0, 0.1) is 6.92 Å². The van der Waals surface area contributed by atoms with Gasteiger partial charge in [0.2, 0.25) is 0 Å². The molecule has 0 amide bonds. The Bertz CT molecular complexity index is 553. The Morgan fingerprint density at radius 3 is 2.53 bits per heavy atom. The van der Waals surface area contributed by atoms with Crippen LogP contribution in [0.3, 0.4) is 0 Å². The molecule has 2 nitrogen and oxygen atoms in total. The van der Waals surface area contributed by atoms with Gasteiger partial charge in [-0.25, -0.2) is 0 Å².